The van der Waals surface area contributed by atoms with Crippen molar-refractivity contribution in [2.75, 3.05) is 12.7 Å². The zero-order valence-electron chi connectivity index (χ0n) is 12.5. The van der Waals surface area contributed by atoms with E-state index in [9.17, 15) is 0 Å². The van der Waals surface area contributed by atoms with E-state index in [1.807, 2.05) is 0 Å². The van der Waals surface area contributed by atoms with E-state index >= 15 is 0 Å². The maximum Gasteiger partial charge on any atom is 0.192 e. The van der Waals surface area contributed by atoms with Gasteiger partial charge in [-0.3, -0.25) is 0 Å². The van der Waals surface area contributed by atoms with E-state index in [1.54, 1.807) is 0 Å². The zero-order valence-corrected chi connectivity index (χ0v) is 14.2. The topological polar surface area (TPSA) is 27.7 Å². The van der Waals surface area contributed by atoms with Gasteiger partial charge in [0, 0.05) is 6.00 Å². The Labute approximate surface area is 118 Å². The minimum absolute atomic E-state index is 0.0212. The van der Waals surface area contributed by atoms with Crippen LogP contribution in [0.1, 0.15) is 27.2 Å². The molecular weight excluding hydrogens is 266 g/mol. The Balaban J connectivity index is 2.52. The van der Waals surface area contributed by atoms with Gasteiger partial charge in [-0.25, -0.2) is 0 Å². The lowest BCUT2D eigenvalue weighted by atomic mass is 9.96. The van der Waals surface area contributed by atoms with Crippen LogP contribution in [0.15, 0.2) is 0 Å². The van der Waals surface area contributed by atoms with E-state index < -0.39 is 8.32 Å². The molecule has 3 atom stereocenters. The fraction of sp³-hybridized carbons (Fsp3) is 1.00. The molecule has 2 unspecified atom stereocenters. The standard InChI is InChI=1S/C12H26BClO3Si/c1-12(2,3)18(4,5)16-7-10-9(15-8-14)6-11(13)17-10/h9-11H,6-8,13H2,1-5H3/t9?,10?,11-/m1/s1. The highest BCUT2D eigenvalue weighted by atomic mass is 35.5. The quantitative estimate of drug-likeness (QED) is 0.575. The van der Waals surface area contributed by atoms with Gasteiger partial charge in [0.15, 0.2) is 8.32 Å². The van der Waals surface area contributed by atoms with Crippen LogP contribution in [0.5, 0.6) is 0 Å². The van der Waals surface area contributed by atoms with Crippen molar-refractivity contribution in [2.24, 2.45) is 0 Å². The Hall–Kier alpha value is 0.452. The molecule has 0 amide bonds. The second-order valence-electron chi connectivity index (χ2n) is 6.61. The van der Waals surface area contributed by atoms with E-state index in [0.717, 1.165) is 6.42 Å². The molecule has 0 aromatic rings. The number of rotatable bonds is 5. The summed E-state index contributed by atoms with van der Waals surface area (Å²) >= 11 is 5.65. The summed E-state index contributed by atoms with van der Waals surface area (Å²) in [6.45, 7) is 11.8. The van der Waals surface area contributed by atoms with Crippen LogP contribution in [-0.2, 0) is 13.9 Å². The fourth-order valence-corrected chi connectivity index (χ4v) is 3.01. The van der Waals surface area contributed by atoms with Crippen LogP contribution in [0.25, 0.3) is 0 Å². The monoisotopic (exact) mass is 292 g/mol. The molecule has 106 valence electrons. The average Bonchev–Trinajstić information content (AvgIpc) is 2.55. The highest BCUT2D eigenvalue weighted by Gasteiger charge is 2.40. The normalized spacial score (nSPS) is 29.8. The van der Waals surface area contributed by atoms with Crippen molar-refractivity contribution in [3.05, 3.63) is 0 Å². The maximum atomic E-state index is 6.19. The molecule has 1 aliphatic rings. The van der Waals surface area contributed by atoms with Crippen molar-refractivity contribution in [3.8, 4) is 0 Å². The lowest BCUT2D eigenvalue weighted by Gasteiger charge is -2.37. The summed E-state index contributed by atoms with van der Waals surface area (Å²) in [4.78, 5) is 0. The number of hydrogen-bond donors (Lipinski definition) is 0. The molecular formula is C12H26BClO3Si. The third-order valence-electron chi connectivity index (χ3n) is 4.08. The van der Waals surface area contributed by atoms with Crippen LogP contribution in [-0.4, -0.2) is 47.0 Å². The highest BCUT2D eigenvalue weighted by Crippen LogP contribution is 2.37. The summed E-state index contributed by atoms with van der Waals surface area (Å²) in [5, 5.41) is 0.222. The Morgan fingerprint density at radius 1 is 1.39 bits per heavy atom. The van der Waals surface area contributed by atoms with Crippen LogP contribution in [0.2, 0.25) is 18.1 Å². The summed E-state index contributed by atoms with van der Waals surface area (Å²) in [6.07, 6.45) is 0.994. The molecule has 0 N–H and O–H groups in total. The van der Waals surface area contributed by atoms with Crippen LogP contribution >= 0.6 is 11.6 Å². The van der Waals surface area contributed by atoms with Crippen molar-refractivity contribution >= 4 is 27.8 Å². The predicted molar refractivity (Wildman–Crippen MR) is 80.6 cm³/mol. The van der Waals surface area contributed by atoms with Gasteiger partial charge in [0.05, 0.1) is 12.7 Å². The lowest BCUT2D eigenvalue weighted by Crippen LogP contribution is -2.44. The Morgan fingerprint density at radius 2 is 2.00 bits per heavy atom. The zero-order chi connectivity index (χ0) is 14.0. The molecule has 0 bridgehead atoms. The molecule has 6 heteroatoms. The molecule has 18 heavy (non-hydrogen) atoms. The molecule has 3 nitrogen and oxygen atoms in total. The smallest absolute Gasteiger partial charge is 0.192 e. The first kappa shape index (κ1) is 16.5. The number of halogens is 1. The minimum Gasteiger partial charge on any atom is -0.414 e. The molecule has 0 aromatic carbocycles. The first-order chi connectivity index (χ1) is 8.17. The number of hydrogen-bond acceptors (Lipinski definition) is 3. The van der Waals surface area contributed by atoms with E-state index in [1.165, 1.54) is 0 Å². The summed E-state index contributed by atoms with van der Waals surface area (Å²) in [7, 11) is 0.351. The van der Waals surface area contributed by atoms with Crippen molar-refractivity contribution in [1.82, 2.24) is 0 Å². The van der Waals surface area contributed by atoms with Gasteiger partial charge >= 0.3 is 0 Å². The number of alkyl halides is 1. The molecule has 0 spiro atoms. The van der Waals surface area contributed by atoms with Gasteiger partial charge < -0.3 is 13.9 Å². The van der Waals surface area contributed by atoms with Crippen molar-refractivity contribution in [1.29, 1.82) is 0 Å². The van der Waals surface area contributed by atoms with E-state index in [0.29, 0.717) is 6.61 Å². The summed E-state index contributed by atoms with van der Waals surface area (Å²) < 4.78 is 17.6. The van der Waals surface area contributed by atoms with Gasteiger partial charge in [-0.15, -0.1) is 0 Å². The van der Waals surface area contributed by atoms with E-state index in [2.05, 4.69) is 41.7 Å². The van der Waals surface area contributed by atoms with Crippen molar-refractivity contribution in [3.63, 3.8) is 0 Å². The van der Waals surface area contributed by atoms with E-state index in [-0.39, 0.29) is 29.3 Å². The van der Waals surface area contributed by atoms with Gasteiger partial charge in [-0.2, -0.15) is 0 Å². The summed E-state index contributed by atoms with van der Waals surface area (Å²) in [6, 6.07) is 0.448. The average molecular weight is 293 g/mol. The third kappa shape index (κ3) is 4.24. The van der Waals surface area contributed by atoms with Crippen LogP contribution in [0.4, 0.5) is 0 Å². The third-order valence-corrected chi connectivity index (χ3v) is 8.70. The minimum atomic E-state index is -1.72. The highest BCUT2D eigenvalue weighted by molar-refractivity contribution is 6.74. The predicted octanol–water partition coefficient (Wildman–Crippen LogP) is 2.34. The van der Waals surface area contributed by atoms with Gasteiger partial charge in [-0.05, 0) is 24.6 Å². The molecule has 1 fully saturated rings. The molecule has 0 radical (unpaired) electrons. The van der Waals surface area contributed by atoms with Crippen molar-refractivity contribution in [2.45, 2.75) is 63.5 Å². The van der Waals surface area contributed by atoms with Crippen LogP contribution in [0, 0.1) is 0 Å². The fourth-order valence-electron chi connectivity index (χ4n) is 1.83. The second kappa shape index (κ2) is 6.27. The molecule has 1 rings (SSSR count). The first-order valence-electron chi connectivity index (χ1n) is 6.64. The molecule has 0 saturated carbocycles. The summed E-state index contributed by atoms with van der Waals surface area (Å²) in [5.74, 6) is 0. The number of ether oxygens (including phenoxy) is 2. The molecule has 0 aliphatic carbocycles. The Bertz CT molecular complexity index is 271. The molecule has 1 saturated heterocycles. The van der Waals surface area contributed by atoms with Crippen LogP contribution in [0.3, 0.4) is 0 Å². The molecule has 1 aliphatic heterocycles. The van der Waals surface area contributed by atoms with Crippen molar-refractivity contribution < 1.29 is 13.9 Å². The largest absolute Gasteiger partial charge is 0.414 e. The van der Waals surface area contributed by atoms with E-state index in [4.69, 9.17) is 25.5 Å². The Kier molecular flexibility index (Phi) is 5.75. The second-order valence-corrected chi connectivity index (χ2v) is 11.6. The molecule has 0 aromatic heterocycles. The maximum absolute atomic E-state index is 6.19. The first-order valence-corrected chi connectivity index (χ1v) is 10.1. The Morgan fingerprint density at radius 3 is 2.50 bits per heavy atom. The SMILES string of the molecule is B[C@H]1CC(OCCl)C(CO[Si](C)(C)C(C)(C)C)O1. The van der Waals surface area contributed by atoms with Gasteiger partial charge in [0.25, 0.3) is 0 Å². The lowest BCUT2D eigenvalue weighted by molar-refractivity contribution is -0.0225. The van der Waals surface area contributed by atoms with Gasteiger partial charge in [0.2, 0.25) is 0 Å². The van der Waals surface area contributed by atoms with Gasteiger partial charge in [-0.1, -0.05) is 32.4 Å². The molecule has 1 heterocycles. The van der Waals surface area contributed by atoms with Crippen LogP contribution < -0.4 is 0 Å². The summed E-state index contributed by atoms with van der Waals surface area (Å²) in [5.41, 5.74) is 0. The van der Waals surface area contributed by atoms with Gasteiger partial charge in [0.1, 0.15) is 20.0 Å².